The molecule has 9 amide bonds. The Morgan fingerprint density at radius 2 is 1.41 bits per heavy atom. The molecule has 2 aromatic rings. The summed E-state index contributed by atoms with van der Waals surface area (Å²) in [5, 5.41) is 16.6. The van der Waals surface area contributed by atoms with Crippen molar-refractivity contribution >= 4 is 80.7 Å². The maximum Gasteiger partial charge on any atom is 0.246 e. The molecule has 75 heavy (non-hydrogen) atoms. The Hall–Kier alpha value is -6.56. The minimum absolute atomic E-state index is 0.000376. The summed E-state index contributed by atoms with van der Waals surface area (Å²) in [6.45, 7) is 5.92. The van der Waals surface area contributed by atoms with E-state index in [1.165, 1.54) is 26.5 Å². The van der Waals surface area contributed by atoms with Crippen molar-refractivity contribution in [3.8, 4) is 5.75 Å². The quantitative estimate of drug-likeness (QED) is 0.0442. The minimum atomic E-state index is -1.63. The van der Waals surface area contributed by atoms with Crippen LogP contribution >= 0.6 is 21.6 Å². The fourth-order valence-corrected chi connectivity index (χ4v) is 12.7. The van der Waals surface area contributed by atoms with Gasteiger partial charge in [0, 0.05) is 42.9 Å². The van der Waals surface area contributed by atoms with Crippen LogP contribution in [0.25, 0.3) is 0 Å². The summed E-state index contributed by atoms with van der Waals surface area (Å²) in [5.74, 6) is -6.86. The third kappa shape index (κ3) is 18.4. The van der Waals surface area contributed by atoms with Crippen molar-refractivity contribution in [2.75, 3.05) is 25.4 Å². The van der Waals surface area contributed by atoms with E-state index in [4.69, 9.17) is 27.7 Å². The number of rotatable bonds is 17. The van der Waals surface area contributed by atoms with Crippen molar-refractivity contribution in [1.82, 2.24) is 36.8 Å². The monoisotopic (exact) mass is 1080 g/mol. The summed E-state index contributed by atoms with van der Waals surface area (Å²) in [5.41, 5.74) is 23.5. The fourth-order valence-electron chi connectivity index (χ4n) is 9.38. The second-order valence-electron chi connectivity index (χ2n) is 19.6. The number of amides is 9. The van der Waals surface area contributed by atoms with Gasteiger partial charge in [-0.25, -0.2) is 0 Å². The molecule has 0 aromatic heterocycles. The molecule has 14 N–H and O–H groups in total. The molecule has 0 radical (unpaired) electrons. The molecule has 0 bridgehead atoms. The fraction of sp³-hybridized carbons (Fsp3) is 0.569. The smallest absolute Gasteiger partial charge is 0.246 e. The number of carbonyl (C=O) groups is 9. The molecule has 2 saturated heterocycles. The van der Waals surface area contributed by atoms with Crippen molar-refractivity contribution in [1.29, 1.82) is 0 Å². The lowest BCUT2D eigenvalue weighted by Gasteiger charge is -2.37. The molecular weight excluding hydrogens is 1000 g/mol. The topological polar surface area (TPSA) is 355 Å². The summed E-state index contributed by atoms with van der Waals surface area (Å²) in [6, 6.07) is 7.17. The molecule has 3 fully saturated rings. The van der Waals surface area contributed by atoms with Crippen LogP contribution in [0.3, 0.4) is 0 Å². The maximum absolute atomic E-state index is 14.8. The largest absolute Gasteiger partial charge is 0.494 e. The van der Waals surface area contributed by atoms with E-state index < -0.39 is 113 Å². The number of carbonyl (C=O) groups excluding carboxylic acids is 9. The van der Waals surface area contributed by atoms with Crippen LogP contribution in [-0.4, -0.2) is 137 Å². The zero-order valence-corrected chi connectivity index (χ0v) is 44.6. The lowest BCUT2D eigenvalue weighted by atomic mass is 9.85. The molecular formula is C51H74N12O10S2. The number of guanidine groups is 1. The first-order valence-corrected chi connectivity index (χ1v) is 27.9. The molecule has 7 atom stereocenters. The number of primary amides is 2. The van der Waals surface area contributed by atoms with Gasteiger partial charge in [-0.1, -0.05) is 97.2 Å². The molecule has 410 valence electrons. The van der Waals surface area contributed by atoms with Gasteiger partial charge in [0.15, 0.2) is 5.96 Å². The molecule has 22 nitrogen and oxygen atoms in total. The zero-order chi connectivity index (χ0) is 54.7. The van der Waals surface area contributed by atoms with Gasteiger partial charge in [0.2, 0.25) is 53.2 Å². The Morgan fingerprint density at radius 1 is 0.787 bits per heavy atom. The van der Waals surface area contributed by atoms with Gasteiger partial charge in [-0.05, 0) is 74.6 Å². The molecule has 24 heteroatoms. The van der Waals surface area contributed by atoms with Crippen LogP contribution in [0.2, 0.25) is 0 Å². The van der Waals surface area contributed by atoms with Crippen molar-refractivity contribution in [2.45, 2.75) is 151 Å². The van der Waals surface area contributed by atoms with E-state index >= 15 is 0 Å². The first-order valence-electron chi connectivity index (χ1n) is 25.6. The van der Waals surface area contributed by atoms with E-state index in [1.807, 2.05) is 6.92 Å². The van der Waals surface area contributed by atoms with Gasteiger partial charge in [0.05, 0.1) is 13.0 Å². The van der Waals surface area contributed by atoms with Crippen molar-refractivity contribution in [3.05, 3.63) is 65.7 Å². The predicted octanol–water partition coefficient (Wildman–Crippen LogP) is 0.329. The average Bonchev–Trinajstić information content (AvgIpc) is 3.86. The molecule has 5 rings (SSSR count). The molecule has 1 spiro atoms. The van der Waals surface area contributed by atoms with Gasteiger partial charge >= 0.3 is 0 Å². The van der Waals surface area contributed by atoms with E-state index in [1.54, 1.807) is 68.4 Å². The number of hydrogen-bond donors (Lipinski definition) is 10. The first kappa shape index (κ1) is 59.3. The van der Waals surface area contributed by atoms with Gasteiger partial charge in [0.25, 0.3) is 0 Å². The van der Waals surface area contributed by atoms with E-state index in [-0.39, 0.29) is 56.9 Å². The molecule has 3 aliphatic rings. The molecule has 3 unspecified atom stereocenters. The SMILES string of the molecule is CCOc1ccc(CC2NC(=O)CC3(CCCCC3)SSCC(C(=O)N3CCC[C@H]3C(=O)N[C@@H](CCCN=C(N)N)C(N)=O)NC(=O)[C@H](CC(N)=O)NC(=O)C(C(C)C)NC(=O)[C@H](Cc3ccccc3)NC2=O)cc1. The van der Waals surface area contributed by atoms with Crippen LogP contribution in [0.4, 0.5) is 0 Å². The van der Waals surface area contributed by atoms with Gasteiger partial charge in [-0.15, -0.1) is 0 Å². The van der Waals surface area contributed by atoms with Crippen LogP contribution in [0.5, 0.6) is 5.75 Å². The number of aliphatic imine (C=N–C) groups is 1. The standard InChI is InChI=1S/C51H74N12O10S2/c1-4-73-33-19-17-32(18-20-33)26-35-44(67)59-36(25-31-13-7-5-8-14-31)46(69)62-42(30(2)3)48(71)60-37(27-40(52)64)45(68)61-38(29-74-75-51(28-41(65)57-35)21-9-6-10-22-51)49(72)63-24-12-16-39(63)47(70)58-34(43(53)66)15-11-23-56-50(54)55/h5,7-8,13-14,17-20,30,34-39,42H,4,6,9-12,15-16,21-29H2,1-3H3,(H2,52,64)(H2,53,66)(H,57,65)(H,58,70)(H,59,67)(H,60,71)(H,61,68)(H,62,69)(H4,54,55,56)/t34-,35?,36-,37-,38?,39-,42?/m0/s1. The third-order valence-electron chi connectivity index (χ3n) is 13.3. The maximum atomic E-state index is 14.8. The van der Waals surface area contributed by atoms with Crippen molar-refractivity contribution in [2.24, 2.45) is 33.8 Å². The highest BCUT2D eigenvalue weighted by Gasteiger charge is 2.42. The zero-order valence-electron chi connectivity index (χ0n) is 42.9. The Morgan fingerprint density at radius 3 is 2.04 bits per heavy atom. The van der Waals surface area contributed by atoms with E-state index in [0.29, 0.717) is 49.2 Å². The lowest BCUT2D eigenvalue weighted by molar-refractivity contribution is -0.142. The Kier molecular flexibility index (Phi) is 22.9. The summed E-state index contributed by atoms with van der Waals surface area (Å²) in [7, 11) is 2.63. The van der Waals surface area contributed by atoms with Gasteiger partial charge in [-0.3, -0.25) is 48.1 Å². The Bertz CT molecular complexity index is 2350. The first-order chi connectivity index (χ1) is 35.8. The van der Waals surface area contributed by atoms with E-state index in [9.17, 15) is 43.2 Å². The molecule has 1 saturated carbocycles. The number of nitrogens with two attached hydrogens (primary N) is 4. The molecule has 2 aliphatic heterocycles. The van der Waals surface area contributed by atoms with Crippen LogP contribution in [0, 0.1) is 5.92 Å². The Labute approximate surface area is 445 Å². The molecule has 2 heterocycles. The van der Waals surface area contributed by atoms with Crippen LogP contribution in [-0.2, 0) is 56.0 Å². The van der Waals surface area contributed by atoms with Gasteiger partial charge in [-0.2, -0.15) is 0 Å². The Balaban J connectivity index is 1.52. The lowest BCUT2D eigenvalue weighted by Crippen LogP contribution is -2.61. The summed E-state index contributed by atoms with van der Waals surface area (Å²) >= 11 is 0. The minimum Gasteiger partial charge on any atom is -0.494 e. The number of ether oxygens (including phenoxy) is 1. The van der Waals surface area contributed by atoms with E-state index in [2.05, 4.69) is 36.9 Å². The third-order valence-corrected chi connectivity index (χ3v) is 16.6. The number of nitrogens with zero attached hydrogens (tertiary/aromatic N) is 2. The predicted molar refractivity (Wildman–Crippen MR) is 286 cm³/mol. The number of benzene rings is 2. The molecule has 1 aliphatic carbocycles. The van der Waals surface area contributed by atoms with Crippen LogP contribution in [0.15, 0.2) is 59.6 Å². The number of nitrogens with one attached hydrogen (secondary N) is 6. The van der Waals surface area contributed by atoms with E-state index in [0.717, 1.165) is 19.3 Å². The van der Waals surface area contributed by atoms with Crippen LogP contribution in [0.1, 0.15) is 103 Å². The summed E-state index contributed by atoms with van der Waals surface area (Å²) in [6.07, 6.45) is 4.16. The average molecular weight is 1080 g/mol. The normalized spacial score (nSPS) is 23.6. The van der Waals surface area contributed by atoms with Crippen LogP contribution < -0.4 is 59.6 Å². The highest BCUT2D eigenvalue weighted by Crippen LogP contribution is 2.48. The second-order valence-corrected chi connectivity index (χ2v) is 22.4. The summed E-state index contributed by atoms with van der Waals surface area (Å²) < 4.78 is 4.95. The second kappa shape index (κ2) is 28.9. The highest BCUT2D eigenvalue weighted by molar-refractivity contribution is 8.77. The van der Waals surface area contributed by atoms with Gasteiger partial charge < -0.3 is 64.5 Å². The molecule has 2 aromatic carbocycles. The highest BCUT2D eigenvalue weighted by atomic mass is 33.1. The van der Waals surface area contributed by atoms with Crippen molar-refractivity contribution < 1.29 is 47.9 Å². The summed E-state index contributed by atoms with van der Waals surface area (Å²) in [4.78, 5) is 131. The van der Waals surface area contributed by atoms with Crippen molar-refractivity contribution in [3.63, 3.8) is 0 Å². The van der Waals surface area contributed by atoms with Gasteiger partial charge in [0.1, 0.15) is 48.0 Å². The number of hydrogen-bond acceptors (Lipinski definition) is 13. The number of likely N-dealkylation sites (tertiary alicyclic amines) is 1.